The SMILES string of the molecule is CCc1cccc(NC(N)=NCCc2ccc(O)c(OC)c2)c1.I. The Hall–Kier alpha value is -1.96. The summed E-state index contributed by atoms with van der Waals surface area (Å²) in [6, 6.07) is 13.4. The van der Waals surface area contributed by atoms with Crippen LogP contribution >= 0.6 is 24.0 Å². The summed E-state index contributed by atoms with van der Waals surface area (Å²) >= 11 is 0. The first kappa shape index (κ1) is 20.1. The summed E-state index contributed by atoms with van der Waals surface area (Å²) in [6.07, 6.45) is 1.70. The lowest BCUT2D eigenvalue weighted by Crippen LogP contribution is -2.23. The van der Waals surface area contributed by atoms with E-state index in [2.05, 4.69) is 29.4 Å². The molecule has 0 radical (unpaired) electrons. The van der Waals surface area contributed by atoms with Crippen LogP contribution in [0.15, 0.2) is 47.5 Å². The Kier molecular flexibility index (Phi) is 8.39. The number of hydrogen-bond acceptors (Lipinski definition) is 3. The highest BCUT2D eigenvalue weighted by Gasteiger charge is 2.02. The fraction of sp³-hybridized carbons (Fsp3) is 0.278. The lowest BCUT2D eigenvalue weighted by molar-refractivity contribution is 0.373. The van der Waals surface area contributed by atoms with E-state index < -0.39 is 0 Å². The van der Waals surface area contributed by atoms with Crippen molar-refractivity contribution in [2.45, 2.75) is 19.8 Å². The molecule has 130 valence electrons. The summed E-state index contributed by atoms with van der Waals surface area (Å²) in [6.45, 7) is 2.67. The van der Waals surface area contributed by atoms with Crippen molar-refractivity contribution in [2.75, 3.05) is 19.0 Å². The fourth-order valence-electron chi connectivity index (χ4n) is 2.24. The number of nitrogens with one attached hydrogen (secondary N) is 1. The number of phenols is 1. The molecule has 0 aliphatic carbocycles. The number of nitrogens with zero attached hydrogens (tertiary/aromatic N) is 1. The van der Waals surface area contributed by atoms with Gasteiger partial charge in [0.15, 0.2) is 17.5 Å². The van der Waals surface area contributed by atoms with E-state index in [1.807, 2.05) is 18.2 Å². The predicted octanol–water partition coefficient (Wildman–Crippen LogP) is 3.55. The van der Waals surface area contributed by atoms with E-state index in [0.717, 1.165) is 17.7 Å². The predicted molar refractivity (Wildman–Crippen MR) is 110 cm³/mol. The third kappa shape index (κ3) is 5.92. The first-order valence-electron chi connectivity index (χ1n) is 7.64. The molecule has 0 saturated heterocycles. The second-order valence-corrected chi connectivity index (χ2v) is 5.20. The number of guanidine groups is 1. The van der Waals surface area contributed by atoms with Crippen molar-refractivity contribution in [3.63, 3.8) is 0 Å². The number of hydrogen-bond donors (Lipinski definition) is 3. The van der Waals surface area contributed by atoms with Gasteiger partial charge in [-0.2, -0.15) is 0 Å². The van der Waals surface area contributed by atoms with Crippen molar-refractivity contribution in [3.8, 4) is 11.5 Å². The van der Waals surface area contributed by atoms with Crippen LogP contribution in [-0.2, 0) is 12.8 Å². The number of nitrogens with two attached hydrogens (primary N) is 1. The van der Waals surface area contributed by atoms with Gasteiger partial charge < -0.3 is 20.9 Å². The monoisotopic (exact) mass is 441 g/mol. The average Bonchev–Trinajstić information content (AvgIpc) is 2.56. The van der Waals surface area contributed by atoms with E-state index >= 15 is 0 Å². The van der Waals surface area contributed by atoms with Crippen LogP contribution in [0.25, 0.3) is 0 Å². The van der Waals surface area contributed by atoms with Gasteiger partial charge in [0.25, 0.3) is 0 Å². The molecule has 4 N–H and O–H groups in total. The van der Waals surface area contributed by atoms with E-state index in [0.29, 0.717) is 24.7 Å². The van der Waals surface area contributed by atoms with Crippen molar-refractivity contribution < 1.29 is 9.84 Å². The maximum atomic E-state index is 9.57. The summed E-state index contributed by atoms with van der Waals surface area (Å²) in [7, 11) is 1.53. The molecule has 2 rings (SSSR count). The van der Waals surface area contributed by atoms with Crippen molar-refractivity contribution in [3.05, 3.63) is 53.6 Å². The summed E-state index contributed by atoms with van der Waals surface area (Å²) in [4.78, 5) is 4.33. The smallest absolute Gasteiger partial charge is 0.193 e. The van der Waals surface area contributed by atoms with Gasteiger partial charge in [-0.15, -0.1) is 24.0 Å². The minimum atomic E-state index is 0. The van der Waals surface area contributed by atoms with E-state index in [1.54, 1.807) is 12.1 Å². The summed E-state index contributed by atoms with van der Waals surface area (Å²) in [5.41, 5.74) is 9.14. The maximum Gasteiger partial charge on any atom is 0.193 e. The normalized spacial score (nSPS) is 10.8. The third-order valence-corrected chi connectivity index (χ3v) is 3.53. The Balaban J connectivity index is 0.00000288. The van der Waals surface area contributed by atoms with Crippen molar-refractivity contribution >= 4 is 35.6 Å². The van der Waals surface area contributed by atoms with Gasteiger partial charge in [0.05, 0.1) is 7.11 Å². The van der Waals surface area contributed by atoms with Crippen LogP contribution in [0.4, 0.5) is 5.69 Å². The number of ether oxygens (including phenoxy) is 1. The van der Waals surface area contributed by atoms with Gasteiger partial charge in [-0.3, -0.25) is 4.99 Å². The minimum Gasteiger partial charge on any atom is -0.504 e. The second-order valence-electron chi connectivity index (χ2n) is 5.20. The summed E-state index contributed by atoms with van der Waals surface area (Å²) in [5, 5.41) is 12.7. The number of aromatic hydroxyl groups is 1. The number of anilines is 1. The van der Waals surface area contributed by atoms with Gasteiger partial charge in [0.1, 0.15) is 0 Å². The maximum absolute atomic E-state index is 9.57. The minimum absolute atomic E-state index is 0. The summed E-state index contributed by atoms with van der Waals surface area (Å²) < 4.78 is 5.09. The van der Waals surface area contributed by atoms with Gasteiger partial charge in [-0.25, -0.2) is 0 Å². The molecule has 2 aromatic carbocycles. The Bertz CT molecular complexity index is 690. The van der Waals surface area contributed by atoms with Gasteiger partial charge in [0, 0.05) is 12.2 Å². The molecule has 0 aromatic heterocycles. The van der Waals surface area contributed by atoms with Crippen LogP contribution in [0.1, 0.15) is 18.1 Å². The van der Waals surface area contributed by atoms with Crippen LogP contribution in [0.3, 0.4) is 0 Å². The summed E-state index contributed by atoms with van der Waals surface area (Å²) in [5.74, 6) is 0.995. The Morgan fingerprint density at radius 2 is 2.00 bits per heavy atom. The topological polar surface area (TPSA) is 79.9 Å². The molecule has 0 bridgehead atoms. The molecule has 0 fully saturated rings. The van der Waals surface area contributed by atoms with Crippen LogP contribution < -0.4 is 15.8 Å². The van der Waals surface area contributed by atoms with E-state index in [1.165, 1.54) is 12.7 Å². The molecule has 0 unspecified atom stereocenters. The number of methoxy groups -OCH3 is 1. The molecular weight excluding hydrogens is 417 g/mol. The Labute approximate surface area is 160 Å². The van der Waals surface area contributed by atoms with Gasteiger partial charge in [0.2, 0.25) is 0 Å². The van der Waals surface area contributed by atoms with Crippen LogP contribution in [-0.4, -0.2) is 24.7 Å². The Morgan fingerprint density at radius 1 is 1.21 bits per heavy atom. The number of benzene rings is 2. The van der Waals surface area contributed by atoms with E-state index in [4.69, 9.17) is 10.5 Å². The number of phenolic OH excluding ortho intramolecular Hbond substituents is 1. The third-order valence-electron chi connectivity index (χ3n) is 3.53. The molecule has 0 heterocycles. The first-order valence-corrected chi connectivity index (χ1v) is 7.64. The largest absolute Gasteiger partial charge is 0.504 e. The number of aliphatic imine (C=N–C) groups is 1. The zero-order valence-electron chi connectivity index (χ0n) is 14.0. The van der Waals surface area contributed by atoms with Gasteiger partial charge in [-0.1, -0.05) is 25.1 Å². The zero-order valence-corrected chi connectivity index (χ0v) is 16.3. The fourth-order valence-corrected chi connectivity index (χ4v) is 2.24. The van der Waals surface area contributed by atoms with Crippen molar-refractivity contribution in [1.29, 1.82) is 0 Å². The molecule has 5 nitrogen and oxygen atoms in total. The molecule has 0 saturated carbocycles. The number of halogens is 1. The highest BCUT2D eigenvalue weighted by molar-refractivity contribution is 14.0. The van der Waals surface area contributed by atoms with Crippen molar-refractivity contribution in [1.82, 2.24) is 0 Å². The molecule has 24 heavy (non-hydrogen) atoms. The molecule has 2 aromatic rings. The molecule has 0 aliphatic heterocycles. The van der Waals surface area contributed by atoms with Crippen molar-refractivity contribution in [2.24, 2.45) is 10.7 Å². The van der Waals surface area contributed by atoms with E-state index in [-0.39, 0.29) is 29.7 Å². The Morgan fingerprint density at radius 3 is 2.71 bits per heavy atom. The average molecular weight is 441 g/mol. The number of aryl methyl sites for hydroxylation is 1. The molecule has 0 aliphatic rings. The second kappa shape index (κ2) is 10.0. The van der Waals surface area contributed by atoms with Crippen LogP contribution in [0.2, 0.25) is 0 Å². The standard InChI is InChI=1S/C18H23N3O2.HI/c1-3-13-5-4-6-15(11-13)21-18(19)20-10-9-14-7-8-16(22)17(12-14)23-2;/h4-8,11-12,22H,3,9-10H2,1-2H3,(H3,19,20,21);1H. The van der Waals surface area contributed by atoms with Gasteiger partial charge >= 0.3 is 0 Å². The first-order chi connectivity index (χ1) is 11.1. The lowest BCUT2D eigenvalue weighted by Gasteiger charge is -2.08. The van der Waals surface area contributed by atoms with E-state index in [9.17, 15) is 5.11 Å². The molecule has 0 atom stereocenters. The van der Waals surface area contributed by atoms with Gasteiger partial charge in [-0.05, 0) is 48.2 Å². The highest BCUT2D eigenvalue weighted by Crippen LogP contribution is 2.26. The molecule has 0 spiro atoms. The zero-order chi connectivity index (χ0) is 16.7. The molecule has 6 heteroatoms. The molecule has 0 amide bonds. The number of rotatable bonds is 6. The van der Waals surface area contributed by atoms with Crippen LogP contribution in [0.5, 0.6) is 11.5 Å². The highest BCUT2D eigenvalue weighted by atomic mass is 127. The quantitative estimate of drug-likeness (QED) is 0.364. The lowest BCUT2D eigenvalue weighted by atomic mass is 10.1. The van der Waals surface area contributed by atoms with Crippen LogP contribution in [0, 0.1) is 0 Å². The molecular formula is C18H24IN3O2.